The van der Waals surface area contributed by atoms with Crippen molar-refractivity contribution >= 4 is 25.5 Å². The van der Waals surface area contributed by atoms with Gasteiger partial charge in [-0.3, -0.25) is 4.79 Å². The average molecular weight is 252 g/mol. The van der Waals surface area contributed by atoms with Crippen molar-refractivity contribution in [3.63, 3.8) is 0 Å². The minimum Gasteiger partial charge on any atom is -0.480 e. The maximum atomic E-state index is 10.9. The van der Waals surface area contributed by atoms with E-state index in [0.29, 0.717) is 25.6 Å². The van der Waals surface area contributed by atoms with Crippen molar-refractivity contribution in [1.29, 1.82) is 0 Å². The molecule has 0 aliphatic heterocycles. The Balaban J connectivity index is 0.00000225. The first-order valence-electron chi connectivity index (χ1n) is 5.32. The number of nitrogens with two attached hydrogens (primary N) is 1. The van der Waals surface area contributed by atoms with Crippen molar-refractivity contribution in [3.05, 3.63) is 0 Å². The van der Waals surface area contributed by atoms with Crippen LogP contribution < -0.4 is 5.73 Å². The van der Waals surface area contributed by atoms with Crippen LogP contribution in [0.25, 0.3) is 0 Å². The monoisotopic (exact) mass is 251 g/mol. The van der Waals surface area contributed by atoms with Crippen molar-refractivity contribution in [1.82, 2.24) is 0 Å². The fourth-order valence-corrected chi connectivity index (χ4v) is 2.25. The van der Waals surface area contributed by atoms with Gasteiger partial charge in [-0.25, -0.2) is 0 Å². The highest BCUT2D eigenvalue weighted by Gasteiger charge is 2.39. The van der Waals surface area contributed by atoms with Gasteiger partial charge in [-0.2, -0.15) is 0 Å². The summed E-state index contributed by atoms with van der Waals surface area (Å²) in [5.41, 5.74) is 4.67. The minimum atomic E-state index is -1.30. The second-order valence-electron chi connectivity index (χ2n) is 4.48. The standard InChI is InChI=1S/C9H18BNO4.ClH/c11-9(8(12)13)4-1-2-7(6-9)3-5-10(14)15;/h7,14-15H,1-6,11H2,(H,12,13);1H/t7-,9-;/m0./s1. The Morgan fingerprint density at radius 1 is 1.50 bits per heavy atom. The Bertz CT molecular complexity index is 242. The Morgan fingerprint density at radius 3 is 2.62 bits per heavy atom. The third-order valence-corrected chi connectivity index (χ3v) is 3.15. The van der Waals surface area contributed by atoms with Gasteiger partial charge in [0.2, 0.25) is 0 Å². The number of hydrogen-bond donors (Lipinski definition) is 4. The summed E-state index contributed by atoms with van der Waals surface area (Å²) in [6, 6.07) is 0. The van der Waals surface area contributed by atoms with Crippen molar-refractivity contribution in [2.45, 2.75) is 44.0 Å². The Morgan fingerprint density at radius 2 is 2.12 bits per heavy atom. The first kappa shape index (κ1) is 15.7. The fraction of sp³-hybridized carbons (Fsp3) is 0.889. The van der Waals surface area contributed by atoms with Crippen LogP contribution >= 0.6 is 12.4 Å². The molecule has 16 heavy (non-hydrogen) atoms. The van der Waals surface area contributed by atoms with Crippen LogP contribution in [0.4, 0.5) is 0 Å². The van der Waals surface area contributed by atoms with Crippen LogP contribution in [0.3, 0.4) is 0 Å². The highest BCUT2D eigenvalue weighted by molar-refractivity contribution is 6.40. The SMILES string of the molecule is Cl.N[C@@]1(C(=O)O)CCC[C@@H](CCB(O)O)C1. The number of rotatable bonds is 4. The number of carboxylic acids is 1. The number of carboxylic acid groups (broad SMARTS) is 1. The quantitative estimate of drug-likeness (QED) is 0.536. The summed E-state index contributed by atoms with van der Waals surface area (Å²) in [4.78, 5) is 10.9. The van der Waals surface area contributed by atoms with Crippen LogP contribution in [0.5, 0.6) is 0 Å². The van der Waals surface area contributed by atoms with Gasteiger partial charge < -0.3 is 20.9 Å². The molecule has 1 saturated carbocycles. The maximum absolute atomic E-state index is 10.9. The van der Waals surface area contributed by atoms with Gasteiger partial charge in [-0.15, -0.1) is 12.4 Å². The number of hydrogen-bond acceptors (Lipinski definition) is 4. The van der Waals surface area contributed by atoms with E-state index in [9.17, 15) is 4.79 Å². The van der Waals surface area contributed by atoms with Gasteiger partial charge in [0.15, 0.2) is 0 Å². The summed E-state index contributed by atoms with van der Waals surface area (Å²) in [6.45, 7) is 0. The highest BCUT2D eigenvalue weighted by atomic mass is 35.5. The lowest BCUT2D eigenvalue weighted by Gasteiger charge is -2.34. The number of halogens is 1. The molecule has 0 aromatic carbocycles. The maximum Gasteiger partial charge on any atom is 0.451 e. The minimum absolute atomic E-state index is 0. The molecule has 0 radical (unpaired) electrons. The van der Waals surface area contributed by atoms with Gasteiger partial charge in [-0.05, 0) is 25.1 Å². The van der Waals surface area contributed by atoms with Gasteiger partial charge in [0, 0.05) is 0 Å². The molecule has 1 rings (SSSR count). The lowest BCUT2D eigenvalue weighted by molar-refractivity contribution is -0.145. The van der Waals surface area contributed by atoms with E-state index in [4.69, 9.17) is 20.9 Å². The van der Waals surface area contributed by atoms with Gasteiger partial charge in [-0.1, -0.05) is 19.3 Å². The van der Waals surface area contributed by atoms with E-state index in [1.807, 2.05) is 0 Å². The van der Waals surface area contributed by atoms with Crippen LogP contribution in [0.15, 0.2) is 0 Å². The van der Waals surface area contributed by atoms with E-state index in [2.05, 4.69) is 0 Å². The predicted molar refractivity (Wildman–Crippen MR) is 63.4 cm³/mol. The molecule has 5 nitrogen and oxygen atoms in total. The molecule has 94 valence electrons. The molecular weight excluding hydrogens is 232 g/mol. The fourth-order valence-electron chi connectivity index (χ4n) is 2.25. The zero-order valence-corrected chi connectivity index (χ0v) is 9.95. The molecule has 2 atom stereocenters. The van der Waals surface area contributed by atoms with E-state index < -0.39 is 18.6 Å². The molecule has 0 aromatic heterocycles. The van der Waals surface area contributed by atoms with Crippen LogP contribution in [0.2, 0.25) is 6.32 Å². The molecule has 1 aliphatic carbocycles. The molecule has 0 unspecified atom stereocenters. The molecular formula is C9H19BClNO4. The van der Waals surface area contributed by atoms with E-state index in [0.717, 1.165) is 12.8 Å². The van der Waals surface area contributed by atoms with Crippen molar-refractivity contribution in [3.8, 4) is 0 Å². The van der Waals surface area contributed by atoms with Crippen molar-refractivity contribution < 1.29 is 19.9 Å². The first-order chi connectivity index (χ1) is 6.94. The summed E-state index contributed by atoms with van der Waals surface area (Å²) in [6.07, 6.45) is 3.60. The predicted octanol–water partition coefficient (Wildman–Crippen LogP) is 0.243. The highest BCUT2D eigenvalue weighted by Crippen LogP contribution is 2.33. The average Bonchev–Trinajstić information content (AvgIpc) is 2.15. The van der Waals surface area contributed by atoms with E-state index in [-0.39, 0.29) is 18.3 Å². The van der Waals surface area contributed by atoms with Gasteiger partial charge in [0.1, 0.15) is 5.54 Å². The zero-order valence-electron chi connectivity index (χ0n) is 9.13. The van der Waals surface area contributed by atoms with Crippen LogP contribution in [0.1, 0.15) is 32.1 Å². The molecule has 5 N–H and O–H groups in total. The third-order valence-electron chi connectivity index (χ3n) is 3.15. The zero-order chi connectivity index (χ0) is 11.5. The number of aliphatic carboxylic acids is 1. The smallest absolute Gasteiger partial charge is 0.451 e. The number of carbonyl (C=O) groups is 1. The topological polar surface area (TPSA) is 104 Å². The Kier molecular flexibility index (Phi) is 6.32. The lowest BCUT2D eigenvalue weighted by atomic mass is 9.71. The summed E-state index contributed by atoms with van der Waals surface area (Å²) >= 11 is 0. The van der Waals surface area contributed by atoms with E-state index in [1.165, 1.54) is 0 Å². The summed E-state index contributed by atoms with van der Waals surface area (Å²) in [5, 5.41) is 26.4. The molecule has 0 heterocycles. The van der Waals surface area contributed by atoms with Gasteiger partial charge in [0.25, 0.3) is 0 Å². The van der Waals surface area contributed by atoms with E-state index >= 15 is 0 Å². The van der Waals surface area contributed by atoms with Gasteiger partial charge >= 0.3 is 13.1 Å². The molecule has 0 bridgehead atoms. The summed E-state index contributed by atoms with van der Waals surface area (Å²) in [7, 11) is -1.30. The third kappa shape index (κ3) is 4.29. The lowest BCUT2D eigenvalue weighted by Crippen LogP contribution is -2.51. The van der Waals surface area contributed by atoms with Crippen LogP contribution in [0, 0.1) is 5.92 Å². The molecule has 1 aliphatic rings. The van der Waals surface area contributed by atoms with Gasteiger partial charge in [0.05, 0.1) is 0 Å². The largest absolute Gasteiger partial charge is 0.480 e. The summed E-state index contributed by atoms with van der Waals surface area (Å²) in [5.74, 6) is -0.751. The van der Waals surface area contributed by atoms with Crippen LogP contribution in [-0.4, -0.2) is 33.8 Å². The normalized spacial score (nSPS) is 29.3. The molecule has 0 amide bonds. The molecule has 0 aromatic rings. The van der Waals surface area contributed by atoms with Crippen molar-refractivity contribution in [2.75, 3.05) is 0 Å². The Hall–Kier alpha value is -0.295. The Labute approximate surface area is 102 Å². The van der Waals surface area contributed by atoms with Crippen LogP contribution in [-0.2, 0) is 4.79 Å². The first-order valence-corrected chi connectivity index (χ1v) is 5.32. The van der Waals surface area contributed by atoms with E-state index in [1.54, 1.807) is 0 Å². The summed E-state index contributed by atoms with van der Waals surface area (Å²) < 4.78 is 0. The molecule has 1 fully saturated rings. The molecule has 7 heteroatoms. The second kappa shape index (κ2) is 6.44. The molecule has 0 spiro atoms. The molecule has 0 saturated heterocycles. The second-order valence-corrected chi connectivity index (χ2v) is 4.48. The van der Waals surface area contributed by atoms with Crippen molar-refractivity contribution in [2.24, 2.45) is 11.7 Å².